The van der Waals surface area contributed by atoms with Crippen molar-refractivity contribution >= 4 is 29.3 Å². The molecule has 0 aromatic heterocycles. The highest BCUT2D eigenvalue weighted by Gasteiger charge is 2.23. The van der Waals surface area contributed by atoms with Crippen LogP contribution in [0.15, 0.2) is 18.2 Å². The molecule has 6 heteroatoms. The van der Waals surface area contributed by atoms with Gasteiger partial charge in [-0.3, -0.25) is 4.79 Å². The number of carbonyl (C=O) groups is 2. The summed E-state index contributed by atoms with van der Waals surface area (Å²) in [5.41, 5.74) is 0.640. The maximum Gasteiger partial charge on any atom is 0.339 e. The smallest absolute Gasteiger partial charge is 0.339 e. The normalized spacial score (nSPS) is 18.1. The number of nitrogens with one attached hydrogen (secondary N) is 1. The number of ether oxygens (including phenoxy) is 1. The van der Waals surface area contributed by atoms with Crippen LogP contribution < -0.4 is 10.1 Å². The fourth-order valence-corrected chi connectivity index (χ4v) is 3.15. The standard InChI is InChI=1S/C13H15NO4S/c1-18-11-6-9(2-3-10(11)13(16)17)14-12(15)8-4-5-19-7-8/h2-3,6,8H,4-5,7H2,1H3,(H,14,15)(H,16,17). The van der Waals surface area contributed by atoms with Gasteiger partial charge in [-0.25, -0.2) is 4.79 Å². The van der Waals surface area contributed by atoms with Gasteiger partial charge < -0.3 is 15.2 Å². The van der Waals surface area contributed by atoms with E-state index in [4.69, 9.17) is 9.84 Å². The average Bonchev–Trinajstić information content (AvgIpc) is 2.92. The fourth-order valence-electron chi connectivity index (χ4n) is 1.93. The topological polar surface area (TPSA) is 75.6 Å². The second-order valence-electron chi connectivity index (χ2n) is 4.27. The van der Waals surface area contributed by atoms with Crippen molar-refractivity contribution in [1.82, 2.24) is 0 Å². The Kier molecular flexibility index (Phi) is 4.31. The number of methoxy groups -OCH3 is 1. The first-order valence-electron chi connectivity index (χ1n) is 5.91. The first-order valence-corrected chi connectivity index (χ1v) is 7.07. The van der Waals surface area contributed by atoms with Crippen LogP contribution in [0.1, 0.15) is 16.8 Å². The minimum atomic E-state index is -1.05. The van der Waals surface area contributed by atoms with Crippen molar-refractivity contribution in [3.8, 4) is 5.75 Å². The molecule has 102 valence electrons. The van der Waals surface area contributed by atoms with E-state index in [0.717, 1.165) is 17.9 Å². The molecule has 1 aliphatic heterocycles. The zero-order valence-electron chi connectivity index (χ0n) is 10.5. The van der Waals surface area contributed by atoms with Gasteiger partial charge in [-0.05, 0) is 24.3 Å². The van der Waals surface area contributed by atoms with Crippen molar-refractivity contribution in [2.75, 3.05) is 23.9 Å². The van der Waals surface area contributed by atoms with Gasteiger partial charge in [-0.15, -0.1) is 0 Å². The number of hydrogen-bond acceptors (Lipinski definition) is 4. The summed E-state index contributed by atoms with van der Waals surface area (Å²) in [6.07, 6.45) is 0.890. The van der Waals surface area contributed by atoms with Gasteiger partial charge in [0, 0.05) is 23.4 Å². The van der Waals surface area contributed by atoms with Crippen LogP contribution >= 0.6 is 11.8 Å². The molecule has 19 heavy (non-hydrogen) atoms. The summed E-state index contributed by atoms with van der Waals surface area (Å²) < 4.78 is 5.02. The number of hydrogen-bond donors (Lipinski definition) is 2. The molecule has 1 amide bonds. The summed E-state index contributed by atoms with van der Waals surface area (Å²) in [4.78, 5) is 22.9. The Morgan fingerprint density at radius 3 is 2.84 bits per heavy atom. The third-order valence-electron chi connectivity index (χ3n) is 3.00. The highest BCUT2D eigenvalue weighted by Crippen LogP contribution is 2.27. The molecule has 2 N–H and O–H groups in total. The van der Waals surface area contributed by atoms with Gasteiger partial charge in [0.25, 0.3) is 0 Å². The predicted molar refractivity (Wildman–Crippen MR) is 74.0 cm³/mol. The molecule has 0 bridgehead atoms. The van der Waals surface area contributed by atoms with Crippen molar-refractivity contribution in [2.24, 2.45) is 5.92 Å². The molecule has 1 atom stereocenters. The third-order valence-corrected chi connectivity index (χ3v) is 4.16. The van der Waals surface area contributed by atoms with Crippen LogP contribution in [0.2, 0.25) is 0 Å². The molecule has 1 heterocycles. The Hall–Kier alpha value is -1.69. The van der Waals surface area contributed by atoms with Crippen LogP contribution in [-0.4, -0.2) is 35.6 Å². The van der Waals surface area contributed by atoms with Crippen molar-refractivity contribution in [3.63, 3.8) is 0 Å². The van der Waals surface area contributed by atoms with Gasteiger partial charge in [0.2, 0.25) is 5.91 Å². The molecule has 1 fully saturated rings. The Morgan fingerprint density at radius 2 is 2.26 bits per heavy atom. The van der Waals surface area contributed by atoms with Crippen LogP contribution in [0, 0.1) is 5.92 Å². The second-order valence-corrected chi connectivity index (χ2v) is 5.42. The molecule has 1 unspecified atom stereocenters. The lowest BCUT2D eigenvalue weighted by Crippen LogP contribution is -2.22. The number of amides is 1. The maximum absolute atomic E-state index is 12.0. The fraction of sp³-hybridized carbons (Fsp3) is 0.385. The van der Waals surface area contributed by atoms with Crippen molar-refractivity contribution in [3.05, 3.63) is 23.8 Å². The van der Waals surface area contributed by atoms with E-state index in [2.05, 4.69) is 5.32 Å². The number of carbonyl (C=O) groups excluding carboxylic acids is 1. The number of thioether (sulfide) groups is 1. The molecule has 0 spiro atoms. The Balaban J connectivity index is 2.12. The third kappa shape index (κ3) is 3.20. The molecule has 2 rings (SSSR count). The van der Waals surface area contributed by atoms with Crippen LogP contribution in [0.4, 0.5) is 5.69 Å². The van der Waals surface area contributed by atoms with Gasteiger partial charge in [-0.2, -0.15) is 11.8 Å². The number of aromatic carboxylic acids is 1. The van der Waals surface area contributed by atoms with E-state index >= 15 is 0 Å². The van der Waals surface area contributed by atoms with Crippen LogP contribution in [0.25, 0.3) is 0 Å². The largest absolute Gasteiger partial charge is 0.496 e. The number of rotatable bonds is 4. The van der Waals surface area contributed by atoms with E-state index in [9.17, 15) is 9.59 Å². The maximum atomic E-state index is 12.0. The lowest BCUT2D eigenvalue weighted by atomic mass is 10.1. The summed E-state index contributed by atoms with van der Waals surface area (Å²) >= 11 is 1.77. The second kappa shape index (κ2) is 5.97. The lowest BCUT2D eigenvalue weighted by Gasteiger charge is -2.12. The number of carboxylic acids is 1. The highest BCUT2D eigenvalue weighted by molar-refractivity contribution is 7.99. The van der Waals surface area contributed by atoms with E-state index in [0.29, 0.717) is 5.69 Å². The molecule has 5 nitrogen and oxygen atoms in total. The van der Waals surface area contributed by atoms with Crippen LogP contribution in [-0.2, 0) is 4.79 Å². The first-order chi connectivity index (χ1) is 9.11. The average molecular weight is 281 g/mol. The molecular formula is C13H15NO4S. The summed E-state index contributed by atoms with van der Waals surface area (Å²) in [7, 11) is 1.40. The van der Waals surface area contributed by atoms with E-state index in [-0.39, 0.29) is 23.1 Å². The van der Waals surface area contributed by atoms with Gasteiger partial charge in [0.15, 0.2) is 0 Å². The van der Waals surface area contributed by atoms with E-state index in [1.165, 1.54) is 19.2 Å². The summed E-state index contributed by atoms with van der Waals surface area (Å²) in [6, 6.07) is 4.54. The molecule has 1 aromatic carbocycles. The van der Waals surface area contributed by atoms with Crippen LogP contribution in [0.5, 0.6) is 5.75 Å². The Labute approximate surface area is 115 Å². The zero-order valence-corrected chi connectivity index (χ0v) is 11.3. The SMILES string of the molecule is COc1cc(NC(=O)C2CCSC2)ccc1C(=O)O. The van der Waals surface area contributed by atoms with E-state index in [1.54, 1.807) is 17.8 Å². The molecule has 1 aromatic rings. The predicted octanol–water partition coefficient (Wildman–Crippen LogP) is 2.08. The quantitative estimate of drug-likeness (QED) is 0.883. The van der Waals surface area contributed by atoms with Crippen LogP contribution in [0.3, 0.4) is 0 Å². The molecule has 1 saturated heterocycles. The number of carboxylic acid groups (broad SMARTS) is 1. The first kappa shape index (κ1) is 13.7. The van der Waals surface area contributed by atoms with Crippen molar-refractivity contribution < 1.29 is 19.4 Å². The van der Waals surface area contributed by atoms with Gasteiger partial charge >= 0.3 is 5.97 Å². The number of benzene rings is 1. The van der Waals surface area contributed by atoms with Gasteiger partial charge in [-0.1, -0.05) is 0 Å². The van der Waals surface area contributed by atoms with E-state index < -0.39 is 5.97 Å². The molecule has 0 aliphatic carbocycles. The molecular weight excluding hydrogens is 266 g/mol. The zero-order chi connectivity index (χ0) is 13.8. The molecule has 1 aliphatic rings. The summed E-state index contributed by atoms with van der Waals surface area (Å²) in [5, 5.41) is 11.8. The van der Waals surface area contributed by atoms with Crippen molar-refractivity contribution in [1.29, 1.82) is 0 Å². The van der Waals surface area contributed by atoms with Crippen molar-refractivity contribution in [2.45, 2.75) is 6.42 Å². The minimum Gasteiger partial charge on any atom is -0.496 e. The lowest BCUT2D eigenvalue weighted by molar-refractivity contribution is -0.119. The Bertz CT molecular complexity index is 497. The molecule has 0 radical (unpaired) electrons. The Morgan fingerprint density at radius 1 is 1.47 bits per heavy atom. The van der Waals surface area contributed by atoms with E-state index in [1.807, 2.05) is 0 Å². The molecule has 0 saturated carbocycles. The summed E-state index contributed by atoms with van der Waals surface area (Å²) in [6.45, 7) is 0. The summed E-state index contributed by atoms with van der Waals surface area (Å²) in [5.74, 6) is 1.06. The highest BCUT2D eigenvalue weighted by atomic mass is 32.2. The van der Waals surface area contributed by atoms with Gasteiger partial charge in [0.05, 0.1) is 7.11 Å². The van der Waals surface area contributed by atoms with Gasteiger partial charge in [0.1, 0.15) is 11.3 Å². The monoisotopic (exact) mass is 281 g/mol. The minimum absolute atomic E-state index is 0.0184. The number of anilines is 1.